The van der Waals surface area contributed by atoms with Crippen molar-refractivity contribution in [3.05, 3.63) is 35.9 Å². The Bertz CT molecular complexity index is 650. The first-order valence-electron chi connectivity index (χ1n) is 8.42. The zero-order chi connectivity index (χ0) is 16.8. The van der Waals surface area contributed by atoms with E-state index in [1.807, 2.05) is 12.4 Å². The third-order valence-corrected chi connectivity index (χ3v) is 4.59. The van der Waals surface area contributed by atoms with Gasteiger partial charge in [0.2, 0.25) is 5.91 Å². The second kappa shape index (κ2) is 7.90. The van der Waals surface area contributed by atoms with Crippen molar-refractivity contribution in [3.63, 3.8) is 0 Å². The lowest BCUT2D eigenvalue weighted by molar-refractivity contribution is -0.120. The number of piperidine rings is 1. The standard InChI is InChI=1S/C17H23N5O2/c1-13-16(21-24-20-13)12-17(23)19-9-2-14-5-10-22(11-6-14)15-3-7-18-8-4-15/h3-4,7-8,14H,2,5-6,9-12H2,1H3,(H,19,23). The van der Waals surface area contributed by atoms with Crippen LogP contribution in [0.15, 0.2) is 29.2 Å². The molecule has 24 heavy (non-hydrogen) atoms. The van der Waals surface area contributed by atoms with E-state index in [0.717, 1.165) is 32.4 Å². The van der Waals surface area contributed by atoms with Gasteiger partial charge in [0.1, 0.15) is 11.4 Å². The highest BCUT2D eigenvalue weighted by Gasteiger charge is 2.19. The number of nitrogens with one attached hydrogen (secondary N) is 1. The van der Waals surface area contributed by atoms with Gasteiger partial charge in [-0.05, 0) is 44.2 Å². The van der Waals surface area contributed by atoms with Gasteiger partial charge in [-0.25, -0.2) is 4.63 Å². The molecule has 1 amide bonds. The van der Waals surface area contributed by atoms with Gasteiger partial charge in [-0.2, -0.15) is 0 Å². The zero-order valence-corrected chi connectivity index (χ0v) is 13.9. The molecule has 1 fully saturated rings. The molecule has 0 spiro atoms. The monoisotopic (exact) mass is 329 g/mol. The number of anilines is 1. The first kappa shape index (κ1) is 16.4. The Labute approximate surface area is 141 Å². The van der Waals surface area contributed by atoms with E-state index in [4.69, 9.17) is 0 Å². The van der Waals surface area contributed by atoms with Crippen molar-refractivity contribution >= 4 is 11.6 Å². The third-order valence-electron chi connectivity index (χ3n) is 4.59. The molecule has 2 aromatic heterocycles. The van der Waals surface area contributed by atoms with Crippen LogP contribution in [0.1, 0.15) is 30.7 Å². The molecule has 0 atom stereocenters. The molecule has 1 N–H and O–H groups in total. The van der Waals surface area contributed by atoms with Gasteiger partial charge < -0.3 is 10.2 Å². The Kier molecular flexibility index (Phi) is 5.40. The van der Waals surface area contributed by atoms with Gasteiger partial charge in [-0.15, -0.1) is 0 Å². The van der Waals surface area contributed by atoms with Crippen molar-refractivity contribution in [1.29, 1.82) is 0 Å². The first-order chi connectivity index (χ1) is 11.7. The van der Waals surface area contributed by atoms with Crippen LogP contribution in [0.4, 0.5) is 5.69 Å². The number of rotatable bonds is 6. The van der Waals surface area contributed by atoms with E-state index in [1.54, 1.807) is 6.92 Å². The van der Waals surface area contributed by atoms with Crippen LogP contribution >= 0.6 is 0 Å². The molecule has 3 rings (SSSR count). The smallest absolute Gasteiger partial charge is 0.226 e. The fourth-order valence-electron chi connectivity index (χ4n) is 3.07. The molecule has 128 valence electrons. The lowest BCUT2D eigenvalue weighted by atomic mass is 9.93. The molecule has 3 heterocycles. The van der Waals surface area contributed by atoms with E-state index < -0.39 is 0 Å². The van der Waals surface area contributed by atoms with Crippen LogP contribution < -0.4 is 10.2 Å². The molecule has 7 heteroatoms. The van der Waals surface area contributed by atoms with Crippen molar-refractivity contribution in [1.82, 2.24) is 20.6 Å². The molecule has 0 radical (unpaired) electrons. The molecule has 0 bridgehead atoms. The minimum atomic E-state index is -0.0250. The SMILES string of the molecule is Cc1nonc1CC(=O)NCCC1CCN(c2ccncc2)CC1. The summed E-state index contributed by atoms with van der Waals surface area (Å²) in [5.74, 6) is 0.641. The highest BCUT2D eigenvalue weighted by atomic mass is 16.6. The fraction of sp³-hybridized carbons (Fsp3) is 0.529. The predicted molar refractivity (Wildman–Crippen MR) is 89.5 cm³/mol. The molecule has 0 saturated carbocycles. The number of nitrogens with zero attached hydrogens (tertiary/aromatic N) is 4. The third kappa shape index (κ3) is 4.31. The summed E-state index contributed by atoms with van der Waals surface area (Å²) in [7, 11) is 0. The predicted octanol–water partition coefficient (Wildman–Crippen LogP) is 1.74. The molecule has 1 saturated heterocycles. The number of aromatic nitrogens is 3. The molecule has 1 aliphatic heterocycles. The lowest BCUT2D eigenvalue weighted by Gasteiger charge is -2.33. The minimum absolute atomic E-state index is 0.0250. The Morgan fingerprint density at radius 1 is 1.29 bits per heavy atom. The van der Waals surface area contributed by atoms with Crippen LogP contribution in [-0.4, -0.2) is 40.8 Å². The molecule has 1 aliphatic rings. The maximum Gasteiger partial charge on any atom is 0.226 e. The van der Waals surface area contributed by atoms with E-state index in [0.29, 0.717) is 23.9 Å². The number of amides is 1. The van der Waals surface area contributed by atoms with Crippen molar-refractivity contribution in [2.75, 3.05) is 24.5 Å². The maximum absolute atomic E-state index is 11.9. The number of hydrogen-bond donors (Lipinski definition) is 1. The molecule has 0 unspecified atom stereocenters. The fourth-order valence-corrected chi connectivity index (χ4v) is 3.07. The van der Waals surface area contributed by atoms with Gasteiger partial charge in [0, 0.05) is 37.7 Å². The molecule has 0 aliphatic carbocycles. The molecule has 0 aromatic carbocycles. The van der Waals surface area contributed by atoms with Crippen LogP contribution in [0.3, 0.4) is 0 Å². The van der Waals surface area contributed by atoms with Crippen LogP contribution in [0, 0.1) is 12.8 Å². The number of pyridine rings is 1. The van der Waals surface area contributed by atoms with Crippen molar-refractivity contribution in [3.8, 4) is 0 Å². The Hall–Kier alpha value is -2.44. The zero-order valence-electron chi connectivity index (χ0n) is 13.9. The Morgan fingerprint density at radius 2 is 2.04 bits per heavy atom. The summed E-state index contributed by atoms with van der Waals surface area (Å²) in [5, 5.41) is 10.4. The number of hydrogen-bond acceptors (Lipinski definition) is 6. The lowest BCUT2D eigenvalue weighted by Crippen LogP contribution is -2.35. The van der Waals surface area contributed by atoms with E-state index in [2.05, 4.69) is 42.3 Å². The number of carbonyl (C=O) groups excluding carboxylic acids is 1. The van der Waals surface area contributed by atoms with Crippen molar-refractivity contribution in [2.45, 2.75) is 32.6 Å². The van der Waals surface area contributed by atoms with Gasteiger partial charge in [-0.1, -0.05) is 10.3 Å². The van der Waals surface area contributed by atoms with Crippen LogP contribution in [0.2, 0.25) is 0 Å². The van der Waals surface area contributed by atoms with E-state index in [9.17, 15) is 4.79 Å². The van der Waals surface area contributed by atoms with Gasteiger partial charge in [-0.3, -0.25) is 9.78 Å². The summed E-state index contributed by atoms with van der Waals surface area (Å²) < 4.78 is 4.60. The average Bonchev–Trinajstić information content (AvgIpc) is 3.01. The Morgan fingerprint density at radius 3 is 2.71 bits per heavy atom. The summed E-state index contributed by atoms with van der Waals surface area (Å²) in [6.07, 6.45) is 7.24. The maximum atomic E-state index is 11.9. The second-order valence-corrected chi connectivity index (χ2v) is 6.25. The first-order valence-corrected chi connectivity index (χ1v) is 8.42. The summed E-state index contributed by atoms with van der Waals surface area (Å²) >= 11 is 0. The molecule has 7 nitrogen and oxygen atoms in total. The normalized spacial score (nSPS) is 15.5. The summed E-state index contributed by atoms with van der Waals surface area (Å²) in [4.78, 5) is 18.4. The van der Waals surface area contributed by atoms with E-state index >= 15 is 0 Å². The summed E-state index contributed by atoms with van der Waals surface area (Å²) in [5.41, 5.74) is 2.53. The van der Waals surface area contributed by atoms with Crippen molar-refractivity contribution < 1.29 is 9.42 Å². The number of carbonyl (C=O) groups is 1. The topological polar surface area (TPSA) is 84.1 Å². The van der Waals surface area contributed by atoms with Crippen molar-refractivity contribution in [2.24, 2.45) is 5.92 Å². The second-order valence-electron chi connectivity index (χ2n) is 6.25. The molecule has 2 aromatic rings. The van der Waals surface area contributed by atoms with E-state index in [-0.39, 0.29) is 12.3 Å². The Balaban J connectivity index is 1.35. The highest BCUT2D eigenvalue weighted by molar-refractivity contribution is 5.78. The van der Waals surface area contributed by atoms with Gasteiger partial charge in [0.15, 0.2) is 0 Å². The summed E-state index contributed by atoms with van der Waals surface area (Å²) in [6.45, 7) is 4.62. The molecular weight excluding hydrogens is 306 g/mol. The van der Waals surface area contributed by atoms with Gasteiger partial charge in [0.25, 0.3) is 0 Å². The summed E-state index contributed by atoms with van der Waals surface area (Å²) in [6, 6.07) is 4.11. The van der Waals surface area contributed by atoms with Crippen LogP contribution in [0.25, 0.3) is 0 Å². The van der Waals surface area contributed by atoms with Gasteiger partial charge >= 0.3 is 0 Å². The minimum Gasteiger partial charge on any atom is -0.371 e. The largest absolute Gasteiger partial charge is 0.371 e. The van der Waals surface area contributed by atoms with Crippen LogP contribution in [0.5, 0.6) is 0 Å². The quantitative estimate of drug-likeness (QED) is 0.869. The molecular formula is C17H23N5O2. The average molecular weight is 329 g/mol. The van der Waals surface area contributed by atoms with Crippen LogP contribution in [-0.2, 0) is 11.2 Å². The highest BCUT2D eigenvalue weighted by Crippen LogP contribution is 2.24. The van der Waals surface area contributed by atoms with E-state index in [1.165, 1.54) is 5.69 Å². The number of aryl methyl sites for hydroxylation is 1. The van der Waals surface area contributed by atoms with Gasteiger partial charge in [0.05, 0.1) is 6.42 Å².